The molecule has 9 nitrogen and oxygen atoms in total. The normalized spacial score (nSPS) is 19.2. The van der Waals surface area contributed by atoms with Gasteiger partial charge < -0.3 is 19.3 Å². The average molecular weight is 494 g/mol. The first-order valence-electron chi connectivity index (χ1n) is 11.3. The van der Waals surface area contributed by atoms with E-state index < -0.39 is 5.60 Å². The summed E-state index contributed by atoms with van der Waals surface area (Å²) in [6.45, 7) is 8.98. The van der Waals surface area contributed by atoms with E-state index in [1.807, 2.05) is 38.3 Å². The fourth-order valence-electron chi connectivity index (χ4n) is 3.82. The SMILES string of the molecule is CC(C)(C)OC(=O)N1CCN(C(=O)CSc2nnc(-c3cccs3)n2CC2CCCO2)CC1. The van der Waals surface area contributed by atoms with Crippen LogP contribution in [0.3, 0.4) is 0 Å². The van der Waals surface area contributed by atoms with Crippen LogP contribution in [-0.4, -0.2) is 86.8 Å². The predicted octanol–water partition coefficient (Wildman–Crippen LogP) is 3.36. The van der Waals surface area contributed by atoms with Crippen molar-refractivity contribution < 1.29 is 19.1 Å². The molecule has 0 spiro atoms. The van der Waals surface area contributed by atoms with Crippen LogP contribution in [0.15, 0.2) is 22.7 Å². The van der Waals surface area contributed by atoms with E-state index in [-0.39, 0.29) is 23.9 Å². The number of aromatic nitrogens is 3. The van der Waals surface area contributed by atoms with E-state index in [1.165, 1.54) is 11.8 Å². The van der Waals surface area contributed by atoms with E-state index in [2.05, 4.69) is 14.8 Å². The molecule has 1 atom stereocenters. The van der Waals surface area contributed by atoms with Gasteiger partial charge in [0.25, 0.3) is 0 Å². The summed E-state index contributed by atoms with van der Waals surface area (Å²) in [5, 5.41) is 11.6. The Labute approximate surface area is 202 Å². The standard InChI is InChI=1S/C22H31N5O4S2/c1-22(2,3)31-21(29)26-10-8-25(9-11-26)18(28)15-33-20-24-23-19(17-7-5-13-32-17)27(20)14-16-6-4-12-30-16/h5,7,13,16H,4,6,8-12,14-15H2,1-3H3. The summed E-state index contributed by atoms with van der Waals surface area (Å²) in [7, 11) is 0. The van der Waals surface area contributed by atoms with E-state index in [1.54, 1.807) is 21.1 Å². The lowest BCUT2D eigenvalue weighted by atomic mass is 10.2. The summed E-state index contributed by atoms with van der Waals surface area (Å²) in [5.74, 6) is 1.13. The number of thiophene rings is 1. The topological polar surface area (TPSA) is 89.8 Å². The van der Waals surface area contributed by atoms with Crippen LogP contribution in [0.1, 0.15) is 33.6 Å². The number of ether oxygens (including phenoxy) is 2. The summed E-state index contributed by atoms with van der Waals surface area (Å²) >= 11 is 3.03. The first-order chi connectivity index (χ1) is 15.8. The number of piperazine rings is 1. The number of thioether (sulfide) groups is 1. The molecule has 2 aromatic heterocycles. The van der Waals surface area contributed by atoms with Gasteiger partial charge in [0, 0.05) is 32.8 Å². The number of carbonyl (C=O) groups is 2. The van der Waals surface area contributed by atoms with Crippen LogP contribution in [0, 0.1) is 0 Å². The van der Waals surface area contributed by atoms with Crippen LogP contribution in [0.5, 0.6) is 0 Å². The van der Waals surface area contributed by atoms with Gasteiger partial charge in [-0.15, -0.1) is 21.5 Å². The molecule has 2 aromatic rings. The van der Waals surface area contributed by atoms with Gasteiger partial charge in [-0.05, 0) is 45.1 Å². The molecule has 2 aliphatic rings. The van der Waals surface area contributed by atoms with Crippen LogP contribution in [0.4, 0.5) is 4.79 Å². The van der Waals surface area contributed by atoms with Gasteiger partial charge in [0.2, 0.25) is 5.91 Å². The number of carbonyl (C=O) groups excluding carboxylic acids is 2. The lowest BCUT2D eigenvalue weighted by Gasteiger charge is -2.35. The highest BCUT2D eigenvalue weighted by Crippen LogP contribution is 2.29. The van der Waals surface area contributed by atoms with E-state index >= 15 is 0 Å². The third kappa shape index (κ3) is 6.27. The van der Waals surface area contributed by atoms with Crippen molar-refractivity contribution in [2.45, 2.75) is 57.0 Å². The molecule has 2 fully saturated rings. The van der Waals surface area contributed by atoms with Gasteiger partial charge in [0.05, 0.1) is 23.3 Å². The van der Waals surface area contributed by atoms with E-state index in [9.17, 15) is 9.59 Å². The molecule has 0 radical (unpaired) electrons. The highest BCUT2D eigenvalue weighted by Gasteiger charge is 2.28. The zero-order chi connectivity index (χ0) is 23.4. The van der Waals surface area contributed by atoms with E-state index in [4.69, 9.17) is 9.47 Å². The van der Waals surface area contributed by atoms with Gasteiger partial charge in [-0.1, -0.05) is 17.8 Å². The van der Waals surface area contributed by atoms with Crippen molar-refractivity contribution in [2.75, 3.05) is 38.5 Å². The number of rotatable bonds is 6. The Bertz CT molecular complexity index is 943. The average Bonchev–Trinajstić information content (AvgIpc) is 3.54. The lowest BCUT2D eigenvalue weighted by molar-refractivity contribution is -0.130. The second-order valence-electron chi connectivity index (χ2n) is 9.17. The molecule has 2 amide bonds. The molecule has 0 aromatic carbocycles. The van der Waals surface area contributed by atoms with Gasteiger partial charge in [-0.25, -0.2) is 4.79 Å². The number of hydrogen-bond donors (Lipinski definition) is 0. The van der Waals surface area contributed by atoms with Crippen molar-refractivity contribution in [1.82, 2.24) is 24.6 Å². The minimum Gasteiger partial charge on any atom is -0.444 e. The molecule has 4 rings (SSSR count). The quantitative estimate of drug-likeness (QED) is 0.570. The molecule has 11 heteroatoms. The van der Waals surface area contributed by atoms with Crippen LogP contribution in [0.25, 0.3) is 10.7 Å². The maximum atomic E-state index is 12.9. The van der Waals surface area contributed by atoms with Gasteiger partial charge in [0.1, 0.15) is 5.60 Å². The number of hydrogen-bond acceptors (Lipinski definition) is 8. The molecular formula is C22H31N5O4S2. The second-order valence-corrected chi connectivity index (χ2v) is 11.1. The Balaban J connectivity index is 1.34. The molecular weight excluding hydrogens is 462 g/mol. The molecule has 1 unspecified atom stereocenters. The lowest BCUT2D eigenvalue weighted by Crippen LogP contribution is -2.52. The third-order valence-corrected chi connectivity index (χ3v) is 7.29. The van der Waals surface area contributed by atoms with Crippen molar-refractivity contribution in [3.05, 3.63) is 17.5 Å². The molecule has 2 aliphatic heterocycles. The summed E-state index contributed by atoms with van der Waals surface area (Å²) in [5.41, 5.74) is -0.526. The van der Waals surface area contributed by atoms with Gasteiger partial charge in [0.15, 0.2) is 11.0 Å². The Kier molecular flexibility index (Phi) is 7.60. The van der Waals surface area contributed by atoms with Crippen molar-refractivity contribution in [1.29, 1.82) is 0 Å². The molecule has 33 heavy (non-hydrogen) atoms. The van der Waals surface area contributed by atoms with Crippen LogP contribution in [-0.2, 0) is 20.8 Å². The minimum atomic E-state index is -0.526. The Morgan fingerprint density at radius 1 is 1.21 bits per heavy atom. The Morgan fingerprint density at radius 2 is 1.97 bits per heavy atom. The summed E-state index contributed by atoms with van der Waals surface area (Å²) in [6, 6.07) is 4.03. The van der Waals surface area contributed by atoms with Gasteiger partial charge in [-0.3, -0.25) is 9.36 Å². The highest BCUT2D eigenvalue weighted by atomic mass is 32.2. The molecule has 0 N–H and O–H groups in total. The van der Waals surface area contributed by atoms with Crippen LogP contribution in [0.2, 0.25) is 0 Å². The summed E-state index contributed by atoms with van der Waals surface area (Å²) in [6.07, 6.45) is 1.91. The molecule has 0 saturated carbocycles. The highest BCUT2D eigenvalue weighted by molar-refractivity contribution is 7.99. The molecule has 2 saturated heterocycles. The zero-order valence-electron chi connectivity index (χ0n) is 19.4. The minimum absolute atomic E-state index is 0.0354. The number of nitrogens with zero attached hydrogens (tertiary/aromatic N) is 5. The Hall–Kier alpha value is -2.11. The second kappa shape index (κ2) is 10.4. The molecule has 180 valence electrons. The van der Waals surface area contributed by atoms with Crippen molar-refractivity contribution in [3.63, 3.8) is 0 Å². The Morgan fingerprint density at radius 3 is 2.61 bits per heavy atom. The van der Waals surface area contributed by atoms with Crippen LogP contribution < -0.4 is 0 Å². The fraction of sp³-hybridized carbons (Fsp3) is 0.636. The van der Waals surface area contributed by atoms with Crippen molar-refractivity contribution in [2.24, 2.45) is 0 Å². The first kappa shape index (κ1) is 24.0. The summed E-state index contributed by atoms with van der Waals surface area (Å²) < 4.78 is 13.3. The van der Waals surface area contributed by atoms with Crippen molar-refractivity contribution >= 4 is 35.1 Å². The first-order valence-corrected chi connectivity index (χ1v) is 13.1. The predicted molar refractivity (Wildman–Crippen MR) is 127 cm³/mol. The largest absolute Gasteiger partial charge is 0.444 e. The number of amides is 2. The molecule has 4 heterocycles. The third-order valence-electron chi connectivity index (χ3n) is 5.48. The summed E-state index contributed by atoms with van der Waals surface area (Å²) in [4.78, 5) is 29.6. The monoisotopic (exact) mass is 493 g/mol. The van der Waals surface area contributed by atoms with E-state index in [0.717, 1.165) is 35.3 Å². The fourth-order valence-corrected chi connectivity index (χ4v) is 5.39. The van der Waals surface area contributed by atoms with Crippen LogP contribution >= 0.6 is 23.1 Å². The smallest absolute Gasteiger partial charge is 0.410 e. The van der Waals surface area contributed by atoms with Crippen molar-refractivity contribution in [3.8, 4) is 10.7 Å². The van der Waals surface area contributed by atoms with E-state index in [0.29, 0.717) is 32.7 Å². The maximum absolute atomic E-state index is 12.9. The molecule has 0 bridgehead atoms. The molecule has 0 aliphatic carbocycles. The van der Waals surface area contributed by atoms with Gasteiger partial charge in [-0.2, -0.15) is 0 Å². The van der Waals surface area contributed by atoms with Gasteiger partial charge >= 0.3 is 6.09 Å². The zero-order valence-corrected chi connectivity index (χ0v) is 21.0. The maximum Gasteiger partial charge on any atom is 0.410 e.